The van der Waals surface area contributed by atoms with E-state index in [1.165, 1.54) is 30.9 Å². The van der Waals surface area contributed by atoms with Gasteiger partial charge in [-0.2, -0.15) is 10.6 Å². The maximum atomic E-state index is 10.3. The van der Waals surface area contributed by atoms with Gasteiger partial charge in [-0.25, -0.2) is 0 Å². The molecular formula is C20H37N4O4S+. The van der Waals surface area contributed by atoms with Crippen LogP contribution in [0.2, 0.25) is 0 Å². The average molecular weight is 430 g/mol. The molecule has 3 aliphatic rings. The van der Waals surface area contributed by atoms with Gasteiger partial charge in [0.2, 0.25) is 11.7 Å². The first-order chi connectivity index (χ1) is 13.9. The third-order valence-electron chi connectivity index (χ3n) is 5.29. The monoisotopic (exact) mass is 429 g/mol. The van der Waals surface area contributed by atoms with Crippen LogP contribution in [0.4, 0.5) is 0 Å². The SMILES string of the molecule is C1CNC(CCCC2=[NH+]CCCN2)=[NH+]C1.CC1C=CC(S(O)(O)CC(=O)[O-])CC1. The van der Waals surface area contributed by atoms with Gasteiger partial charge < -0.3 is 9.90 Å². The average Bonchev–Trinajstić information content (AvgIpc) is 2.69. The third kappa shape index (κ3) is 9.18. The lowest BCUT2D eigenvalue weighted by Crippen LogP contribution is -2.79. The summed E-state index contributed by atoms with van der Waals surface area (Å²) < 4.78 is 19.1. The molecule has 2 aliphatic heterocycles. The number of aliphatic carboxylic acids is 1. The number of carboxylic acids is 1. The van der Waals surface area contributed by atoms with Crippen LogP contribution >= 0.6 is 10.6 Å². The number of nitrogens with one attached hydrogen (secondary N) is 4. The fourth-order valence-corrected chi connectivity index (χ4v) is 5.00. The minimum Gasteiger partial charge on any atom is -0.548 e. The van der Waals surface area contributed by atoms with Crippen molar-refractivity contribution in [1.29, 1.82) is 0 Å². The van der Waals surface area contributed by atoms with Crippen LogP contribution in [0.15, 0.2) is 12.2 Å². The van der Waals surface area contributed by atoms with E-state index in [9.17, 15) is 19.0 Å². The molecule has 0 radical (unpaired) electrons. The highest BCUT2D eigenvalue weighted by atomic mass is 32.3. The first-order valence-corrected chi connectivity index (χ1v) is 12.4. The Kier molecular flexibility index (Phi) is 9.96. The lowest BCUT2D eigenvalue weighted by atomic mass is 9.98. The molecule has 0 aromatic carbocycles. The molecule has 3 rings (SSSR count). The van der Waals surface area contributed by atoms with Crippen LogP contribution in [0.25, 0.3) is 0 Å². The Morgan fingerprint density at radius 2 is 1.69 bits per heavy atom. The molecule has 0 aromatic heterocycles. The molecule has 0 spiro atoms. The van der Waals surface area contributed by atoms with Gasteiger partial charge in [0.25, 0.3) is 0 Å². The van der Waals surface area contributed by atoms with Crippen LogP contribution in [-0.2, 0) is 4.79 Å². The second-order valence-electron chi connectivity index (χ2n) is 7.94. The molecule has 2 heterocycles. The fraction of sp³-hybridized carbons (Fsp3) is 0.750. The summed E-state index contributed by atoms with van der Waals surface area (Å²) >= 11 is 0. The third-order valence-corrected chi connectivity index (χ3v) is 7.31. The molecule has 29 heavy (non-hydrogen) atoms. The van der Waals surface area contributed by atoms with E-state index in [1.54, 1.807) is 6.08 Å². The van der Waals surface area contributed by atoms with Gasteiger partial charge in [0.05, 0.1) is 43.2 Å². The van der Waals surface area contributed by atoms with Crippen LogP contribution in [0.5, 0.6) is 0 Å². The van der Waals surface area contributed by atoms with Crippen molar-refractivity contribution in [2.75, 3.05) is 31.9 Å². The van der Waals surface area contributed by atoms with Gasteiger partial charge in [-0.15, -0.1) is 0 Å². The predicted octanol–water partition coefficient (Wildman–Crippen LogP) is -2.06. The zero-order valence-electron chi connectivity index (χ0n) is 17.4. The maximum absolute atomic E-state index is 10.3. The quantitative estimate of drug-likeness (QED) is 0.258. The lowest BCUT2D eigenvalue weighted by molar-refractivity contribution is -0.466. The minimum atomic E-state index is -3.05. The largest absolute Gasteiger partial charge is 0.548 e. The van der Waals surface area contributed by atoms with Gasteiger partial charge in [-0.3, -0.25) is 29.7 Å². The Labute approximate surface area is 175 Å². The number of carboxylic acid groups (broad SMARTS) is 1. The highest BCUT2D eigenvalue weighted by molar-refractivity contribution is 8.25. The number of rotatable bonds is 7. The molecule has 0 amide bonds. The zero-order valence-corrected chi connectivity index (χ0v) is 18.2. The molecule has 1 aliphatic carbocycles. The van der Waals surface area contributed by atoms with Gasteiger partial charge in [0.15, 0.2) is 0 Å². The number of carbonyl (C=O) groups excluding carboxylic acids is 1. The van der Waals surface area contributed by atoms with Crippen molar-refractivity contribution in [1.82, 2.24) is 10.6 Å². The predicted molar refractivity (Wildman–Crippen MR) is 115 cm³/mol. The van der Waals surface area contributed by atoms with Crippen LogP contribution in [-0.4, -0.2) is 63.9 Å². The molecule has 2 atom stereocenters. The number of hydrogen-bond donors (Lipinski definition) is 6. The van der Waals surface area contributed by atoms with E-state index in [4.69, 9.17) is 0 Å². The van der Waals surface area contributed by atoms with Crippen molar-refractivity contribution in [3.63, 3.8) is 0 Å². The van der Waals surface area contributed by atoms with E-state index < -0.39 is 27.6 Å². The summed E-state index contributed by atoms with van der Waals surface area (Å²) in [5.74, 6) is 1.04. The van der Waals surface area contributed by atoms with Gasteiger partial charge in [-0.05, 0) is 25.2 Å². The molecular weight excluding hydrogens is 392 g/mol. The molecule has 0 saturated carbocycles. The number of hydrogen-bond acceptors (Lipinski definition) is 6. The van der Waals surface area contributed by atoms with Gasteiger partial charge in [0.1, 0.15) is 0 Å². The molecule has 2 unspecified atom stereocenters. The number of amidine groups is 2. The molecule has 166 valence electrons. The van der Waals surface area contributed by atoms with E-state index in [0.717, 1.165) is 45.4 Å². The van der Waals surface area contributed by atoms with Crippen molar-refractivity contribution in [2.45, 2.75) is 57.1 Å². The van der Waals surface area contributed by atoms with E-state index in [1.807, 2.05) is 13.0 Å². The first-order valence-electron chi connectivity index (χ1n) is 10.7. The van der Waals surface area contributed by atoms with Crippen molar-refractivity contribution in [3.8, 4) is 0 Å². The highest BCUT2D eigenvalue weighted by Gasteiger charge is 2.26. The summed E-state index contributed by atoms with van der Waals surface area (Å²) in [5.41, 5.74) is 0. The zero-order chi connectivity index (χ0) is 21.1. The standard InChI is InChI=1S/C11H20N4.C9H16O4S/c1(4-10-12-6-2-7-13-10)5-11-14-8-3-9-15-11;1-7-2-4-8(5-3-7)14(12,13)6-9(10)11/h1-9H2,(H,12,13)(H,14,15);2,4,7-8,12-13H,3,5-6H2,1H3,(H,10,11)/p+1. The summed E-state index contributed by atoms with van der Waals surface area (Å²) in [5, 5.41) is 16.7. The summed E-state index contributed by atoms with van der Waals surface area (Å²) in [4.78, 5) is 17.1. The minimum absolute atomic E-state index is 0.420. The summed E-state index contributed by atoms with van der Waals surface area (Å²) in [6, 6.07) is 0. The normalized spacial score (nSPS) is 24.8. The topological polar surface area (TPSA) is 133 Å². The van der Waals surface area contributed by atoms with Crippen molar-refractivity contribution >= 4 is 28.2 Å². The molecule has 0 saturated heterocycles. The van der Waals surface area contributed by atoms with E-state index >= 15 is 0 Å². The Bertz CT molecular complexity index is 596. The van der Waals surface area contributed by atoms with Crippen LogP contribution < -0.4 is 25.7 Å². The summed E-state index contributed by atoms with van der Waals surface area (Å²) in [7, 11) is -3.05. The Hall–Kier alpha value is -1.58. The van der Waals surface area contributed by atoms with Gasteiger partial charge in [0, 0.05) is 25.7 Å². The first kappa shape index (κ1) is 23.7. The molecule has 0 aromatic rings. The Morgan fingerprint density at radius 3 is 2.10 bits per heavy atom. The smallest absolute Gasteiger partial charge is 0.242 e. The number of carbonyl (C=O) groups is 1. The lowest BCUT2D eigenvalue weighted by Gasteiger charge is -2.40. The van der Waals surface area contributed by atoms with Crippen LogP contribution in [0, 0.1) is 5.92 Å². The van der Waals surface area contributed by atoms with Crippen molar-refractivity contribution in [2.24, 2.45) is 5.92 Å². The maximum Gasteiger partial charge on any atom is 0.242 e. The van der Waals surface area contributed by atoms with Crippen molar-refractivity contribution in [3.05, 3.63) is 12.2 Å². The molecule has 6 N–H and O–H groups in total. The molecule has 9 heteroatoms. The van der Waals surface area contributed by atoms with E-state index in [0.29, 0.717) is 12.3 Å². The van der Waals surface area contributed by atoms with Crippen LogP contribution in [0.3, 0.4) is 0 Å². The highest BCUT2D eigenvalue weighted by Crippen LogP contribution is 2.48. The molecule has 8 nitrogen and oxygen atoms in total. The van der Waals surface area contributed by atoms with Crippen molar-refractivity contribution < 1.29 is 29.0 Å². The molecule has 0 bridgehead atoms. The van der Waals surface area contributed by atoms with E-state index in [-0.39, 0.29) is 0 Å². The van der Waals surface area contributed by atoms with Gasteiger partial charge in [-0.1, -0.05) is 19.1 Å². The second-order valence-corrected chi connectivity index (χ2v) is 10.3. The summed E-state index contributed by atoms with van der Waals surface area (Å²) in [6.07, 6.45) is 11.1. The van der Waals surface area contributed by atoms with E-state index in [2.05, 4.69) is 20.6 Å². The van der Waals surface area contributed by atoms with Gasteiger partial charge >= 0.3 is 0 Å². The Morgan fingerprint density at radius 1 is 1.10 bits per heavy atom. The molecule has 0 fully saturated rings. The summed E-state index contributed by atoms with van der Waals surface area (Å²) in [6.45, 7) is 6.58. The van der Waals surface area contributed by atoms with Crippen LogP contribution in [0.1, 0.15) is 51.9 Å². The second kappa shape index (κ2) is 12.2. The fourth-order valence-electron chi connectivity index (χ4n) is 3.58. The number of allylic oxidation sites excluding steroid dienone is 1. The Balaban J connectivity index is 0.000000208.